The molecular weight excluding hydrogens is 206 g/mol. The van der Waals surface area contributed by atoms with Gasteiger partial charge in [0.2, 0.25) is 5.88 Å². The van der Waals surface area contributed by atoms with Crippen molar-refractivity contribution in [2.24, 2.45) is 0 Å². The van der Waals surface area contributed by atoms with Crippen LogP contribution in [0.15, 0.2) is 24.3 Å². The van der Waals surface area contributed by atoms with Crippen molar-refractivity contribution in [3.63, 3.8) is 0 Å². The molecule has 84 valence electrons. The molecule has 1 aromatic heterocycles. The maximum absolute atomic E-state index is 11.0. The summed E-state index contributed by atoms with van der Waals surface area (Å²) in [6.07, 6.45) is 0. The summed E-state index contributed by atoms with van der Waals surface area (Å²) in [4.78, 5) is 14.1. The average Bonchev–Trinajstić information content (AvgIpc) is 2.57. The highest BCUT2D eigenvalue weighted by molar-refractivity contribution is 5.91. The molecule has 0 saturated carbocycles. The van der Waals surface area contributed by atoms with Crippen LogP contribution in [0.5, 0.6) is 11.6 Å². The van der Waals surface area contributed by atoms with E-state index < -0.39 is 0 Å². The Balaban J connectivity index is 2.54. The highest BCUT2D eigenvalue weighted by Crippen LogP contribution is 2.35. The van der Waals surface area contributed by atoms with E-state index in [1.54, 1.807) is 0 Å². The molecule has 4 nitrogen and oxygen atoms in total. The van der Waals surface area contributed by atoms with Crippen molar-refractivity contribution in [3.05, 3.63) is 24.3 Å². The highest BCUT2D eigenvalue weighted by Gasteiger charge is 2.15. The second-order valence-corrected chi connectivity index (χ2v) is 3.36. The molecule has 0 bridgehead atoms. The molecule has 2 aromatic rings. The van der Waals surface area contributed by atoms with Crippen LogP contribution in [-0.4, -0.2) is 17.6 Å². The number of hydrogen-bond donors (Lipinski definition) is 1. The zero-order chi connectivity index (χ0) is 11.5. The molecule has 0 aliphatic rings. The lowest BCUT2D eigenvalue weighted by Crippen LogP contribution is -2.03. The summed E-state index contributed by atoms with van der Waals surface area (Å²) in [5.74, 6) is 0.606. The van der Waals surface area contributed by atoms with Crippen molar-refractivity contribution in [2.45, 2.75) is 13.8 Å². The van der Waals surface area contributed by atoms with E-state index in [2.05, 4.69) is 4.98 Å². The summed E-state index contributed by atoms with van der Waals surface area (Å²) in [7, 11) is 0. The average molecular weight is 219 g/mol. The van der Waals surface area contributed by atoms with E-state index in [0.717, 1.165) is 10.9 Å². The van der Waals surface area contributed by atoms with Crippen molar-refractivity contribution >= 4 is 16.9 Å². The van der Waals surface area contributed by atoms with Crippen molar-refractivity contribution in [2.75, 3.05) is 6.61 Å². The lowest BCUT2D eigenvalue weighted by Gasteiger charge is -2.03. The lowest BCUT2D eigenvalue weighted by atomic mass is 10.2. The van der Waals surface area contributed by atoms with E-state index in [1.807, 2.05) is 31.2 Å². The van der Waals surface area contributed by atoms with Crippen molar-refractivity contribution in [1.29, 1.82) is 0 Å². The molecule has 0 atom stereocenters. The molecule has 4 heteroatoms. The van der Waals surface area contributed by atoms with Crippen LogP contribution < -0.4 is 9.47 Å². The number of H-pyrrole nitrogens is 1. The molecule has 0 radical (unpaired) electrons. The standard InChI is InChI=1S/C12H13NO3/c1-3-15-12-11(16-8(2)14)9-6-4-5-7-10(9)13-12/h4-7,13H,3H2,1-2H3. The van der Waals surface area contributed by atoms with Crippen molar-refractivity contribution < 1.29 is 14.3 Å². The summed E-state index contributed by atoms with van der Waals surface area (Å²) in [6.45, 7) is 3.77. The summed E-state index contributed by atoms with van der Waals surface area (Å²) in [5.41, 5.74) is 0.891. The van der Waals surface area contributed by atoms with E-state index in [1.165, 1.54) is 6.92 Å². The molecule has 2 rings (SSSR count). The fraction of sp³-hybridized carbons (Fsp3) is 0.250. The maximum Gasteiger partial charge on any atom is 0.308 e. The number of carbonyl (C=O) groups is 1. The minimum Gasteiger partial charge on any atom is -0.477 e. The Bertz CT molecular complexity index is 516. The smallest absolute Gasteiger partial charge is 0.308 e. The zero-order valence-corrected chi connectivity index (χ0v) is 9.24. The Kier molecular flexibility index (Phi) is 2.81. The summed E-state index contributed by atoms with van der Waals surface area (Å²) < 4.78 is 10.5. The highest BCUT2D eigenvalue weighted by atomic mass is 16.6. The first-order valence-electron chi connectivity index (χ1n) is 5.14. The van der Waals surface area contributed by atoms with E-state index >= 15 is 0 Å². The predicted octanol–water partition coefficient (Wildman–Crippen LogP) is 2.49. The van der Waals surface area contributed by atoms with Gasteiger partial charge in [-0.15, -0.1) is 0 Å². The van der Waals surface area contributed by atoms with Gasteiger partial charge in [0.05, 0.1) is 12.1 Å². The topological polar surface area (TPSA) is 51.3 Å². The van der Waals surface area contributed by atoms with Crippen molar-refractivity contribution in [3.8, 4) is 11.6 Å². The van der Waals surface area contributed by atoms with Gasteiger partial charge in [0, 0.05) is 12.3 Å². The fourth-order valence-electron chi connectivity index (χ4n) is 1.58. The molecule has 0 aliphatic carbocycles. The van der Waals surface area contributed by atoms with Gasteiger partial charge in [-0.3, -0.25) is 4.79 Å². The number of aromatic amines is 1. The predicted molar refractivity (Wildman–Crippen MR) is 60.8 cm³/mol. The second kappa shape index (κ2) is 4.26. The van der Waals surface area contributed by atoms with Crippen molar-refractivity contribution in [1.82, 2.24) is 4.98 Å². The van der Waals surface area contributed by atoms with Gasteiger partial charge in [-0.2, -0.15) is 0 Å². The molecule has 0 fully saturated rings. The van der Waals surface area contributed by atoms with Gasteiger partial charge >= 0.3 is 5.97 Å². The van der Waals surface area contributed by atoms with Crippen LogP contribution in [0.4, 0.5) is 0 Å². The molecule has 1 N–H and O–H groups in total. The van der Waals surface area contributed by atoms with Gasteiger partial charge in [-0.05, 0) is 19.1 Å². The first-order valence-corrected chi connectivity index (χ1v) is 5.14. The summed E-state index contributed by atoms with van der Waals surface area (Å²) >= 11 is 0. The van der Waals surface area contributed by atoms with Crippen LogP contribution in [-0.2, 0) is 4.79 Å². The van der Waals surface area contributed by atoms with Gasteiger partial charge in [0.1, 0.15) is 0 Å². The van der Waals surface area contributed by atoms with Gasteiger partial charge < -0.3 is 14.5 Å². The van der Waals surface area contributed by atoms with Crippen LogP contribution >= 0.6 is 0 Å². The lowest BCUT2D eigenvalue weighted by molar-refractivity contribution is -0.131. The Morgan fingerprint density at radius 2 is 2.12 bits per heavy atom. The van der Waals surface area contributed by atoms with Gasteiger partial charge in [0.25, 0.3) is 0 Å². The Hall–Kier alpha value is -1.97. The van der Waals surface area contributed by atoms with Gasteiger partial charge in [0.15, 0.2) is 5.75 Å². The Morgan fingerprint density at radius 3 is 2.81 bits per heavy atom. The second-order valence-electron chi connectivity index (χ2n) is 3.36. The molecule has 0 aliphatic heterocycles. The maximum atomic E-state index is 11.0. The number of para-hydroxylation sites is 1. The molecular formula is C12H13NO3. The van der Waals surface area contributed by atoms with Crippen LogP contribution in [0.3, 0.4) is 0 Å². The zero-order valence-electron chi connectivity index (χ0n) is 9.24. The SMILES string of the molecule is CCOc1[nH]c2ccccc2c1OC(C)=O. The van der Waals surface area contributed by atoms with E-state index in [0.29, 0.717) is 18.2 Å². The van der Waals surface area contributed by atoms with E-state index in [-0.39, 0.29) is 5.97 Å². The number of aromatic nitrogens is 1. The van der Waals surface area contributed by atoms with E-state index in [9.17, 15) is 4.79 Å². The summed E-state index contributed by atoms with van der Waals surface area (Å²) in [6, 6.07) is 7.59. The number of fused-ring (bicyclic) bond motifs is 1. The normalized spacial score (nSPS) is 10.4. The number of benzene rings is 1. The first kappa shape index (κ1) is 10.5. The molecule has 16 heavy (non-hydrogen) atoms. The molecule has 0 amide bonds. The van der Waals surface area contributed by atoms with Crippen LogP contribution in [0, 0.1) is 0 Å². The van der Waals surface area contributed by atoms with Gasteiger partial charge in [-0.25, -0.2) is 0 Å². The van der Waals surface area contributed by atoms with E-state index in [4.69, 9.17) is 9.47 Å². The number of ether oxygens (including phenoxy) is 2. The third kappa shape index (κ3) is 1.86. The fourth-order valence-corrected chi connectivity index (χ4v) is 1.58. The number of nitrogens with one attached hydrogen (secondary N) is 1. The third-order valence-electron chi connectivity index (χ3n) is 2.16. The largest absolute Gasteiger partial charge is 0.477 e. The number of rotatable bonds is 3. The van der Waals surface area contributed by atoms with Gasteiger partial charge in [-0.1, -0.05) is 12.1 Å². The third-order valence-corrected chi connectivity index (χ3v) is 2.16. The molecule has 1 heterocycles. The molecule has 0 unspecified atom stereocenters. The summed E-state index contributed by atoms with van der Waals surface area (Å²) in [5, 5.41) is 0.848. The Morgan fingerprint density at radius 1 is 1.38 bits per heavy atom. The number of carbonyl (C=O) groups excluding carboxylic acids is 1. The number of esters is 1. The molecule has 0 saturated heterocycles. The minimum atomic E-state index is -0.356. The van der Waals surface area contributed by atoms with Crippen LogP contribution in [0.1, 0.15) is 13.8 Å². The number of hydrogen-bond acceptors (Lipinski definition) is 3. The minimum absolute atomic E-state index is 0.356. The monoisotopic (exact) mass is 219 g/mol. The quantitative estimate of drug-likeness (QED) is 0.807. The van der Waals surface area contributed by atoms with Crippen LogP contribution in [0.2, 0.25) is 0 Å². The Labute approximate surface area is 93.2 Å². The molecule has 1 aromatic carbocycles. The van der Waals surface area contributed by atoms with Crippen LogP contribution in [0.25, 0.3) is 10.9 Å². The molecule has 0 spiro atoms. The first-order chi connectivity index (χ1) is 7.72.